The van der Waals surface area contributed by atoms with Crippen molar-refractivity contribution in [2.45, 2.75) is 52.5 Å². The molecule has 0 fully saturated rings. The van der Waals surface area contributed by atoms with E-state index < -0.39 is 14.8 Å². The van der Waals surface area contributed by atoms with Gasteiger partial charge in [0.15, 0.2) is 0 Å². The van der Waals surface area contributed by atoms with Gasteiger partial charge in [-0.15, -0.1) is 0 Å². The third-order valence-electron chi connectivity index (χ3n) is 4.38. The highest BCUT2D eigenvalue weighted by Crippen LogP contribution is 2.30. The lowest BCUT2D eigenvalue weighted by Crippen LogP contribution is -2.49. The Morgan fingerprint density at radius 1 is 1.00 bits per heavy atom. The van der Waals surface area contributed by atoms with Crippen LogP contribution in [-0.4, -0.2) is 47.7 Å². The van der Waals surface area contributed by atoms with E-state index >= 15 is 0 Å². The molecule has 8 heteroatoms. The minimum Gasteiger partial charge on any atom is -0.466 e. The fourth-order valence-electron chi connectivity index (χ4n) is 2.95. The molecule has 30 heavy (non-hydrogen) atoms. The quantitative estimate of drug-likeness (QED) is 0.184. The molecule has 0 saturated carbocycles. The van der Waals surface area contributed by atoms with Crippen LogP contribution in [0.25, 0.3) is 6.08 Å². The number of carbonyl (C=O) groups is 2. The number of benzene rings is 1. The molecular formula is C22H34O7Si. The Morgan fingerprint density at radius 3 is 2.07 bits per heavy atom. The lowest BCUT2D eigenvalue weighted by Gasteiger charge is -2.33. The topological polar surface area (TPSA) is 80.3 Å². The van der Waals surface area contributed by atoms with E-state index in [9.17, 15) is 9.59 Å². The van der Waals surface area contributed by atoms with E-state index in [1.165, 1.54) is 13.2 Å². The summed E-state index contributed by atoms with van der Waals surface area (Å²) in [5.74, 6) is -0.258. The van der Waals surface area contributed by atoms with Crippen molar-refractivity contribution in [3.63, 3.8) is 0 Å². The summed E-state index contributed by atoms with van der Waals surface area (Å²) in [5.41, 5.74) is 0.893. The zero-order valence-electron chi connectivity index (χ0n) is 18.6. The Labute approximate surface area is 180 Å². The Kier molecular flexibility index (Phi) is 12.2. The number of hydrogen-bond donors (Lipinski definition) is 0. The number of carbonyl (C=O) groups excluding carboxylic acids is 2. The third kappa shape index (κ3) is 8.79. The molecule has 0 aliphatic rings. The minimum atomic E-state index is -2.76. The maximum atomic E-state index is 12.2. The fourth-order valence-corrected chi connectivity index (χ4v) is 5.81. The van der Waals surface area contributed by atoms with Gasteiger partial charge >= 0.3 is 20.7 Å². The average Bonchev–Trinajstić information content (AvgIpc) is 2.73. The molecule has 0 heterocycles. The highest BCUT2D eigenvalue weighted by atomic mass is 28.4. The summed E-state index contributed by atoms with van der Waals surface area (Å²) in [6, 6.07) is 6.90. The van der Waals surface area contributed by atoms with Gasteiger partial charge in [0, 0.05) is 37.9 Å². The minimum absolute atomic E-state index is 0.0889. The maximum absolute atomic E-state index is 12.2. The van der Waals surface area contributed by atoms with Crippen LogP contribution < -0.4 is 4.74 Å². The summed E-state index contributed by atoms with van der Waals surface area (Å²) in [4.78, 5) is 23.3. The van der Waals surface area contributed by atoms with E-state index in [0.717, 1.165) is 12.0 Å². The Bertz CT molecular complexity index is 656. The van der Waals surface area contributed by atoms with Gasteiger partial charge in [-0.2, -0.15) is 0 Å². The summed E-state index contributed by atoms with van der Waals surface area (Å²) in [5, 5.41) is 0. The van der Waals surface area contributed by atoms with Crippen molar-refractivity contribution in [2.75, 3.05) is 26.9 Å². The third-order valence-corrected chi connectivity index (χ3v) is 7.95. The molecule has 0 saturated heterocycles. The van der Waals surface area contributed by atoms with Gasteiger partial charge in [-0.3, -0.25) is 4.79 Å². The number of methoxy groups -OCH3 is 1. The smallest absolute Gasteiger partial charge is 0.466 e. The second-order valence-electron chi connectivity index (χ2n) is 6.60. The van der Waals surface area contributed by atoms with Crippen molar-refractivity contribution in [2.24, 2.45) is 0 Å². The number of rotatable bonds is 14. The van der Waals surface area contributed by atoms with Gasteiger partial charge in [0.05, 0.1) is 7.11 Å². The fraction of sp³-hybridized carbons (Fsp3) is 0.545. The van der Waals surface area contributed by atoms with Gasteiger partial charge in [0.2, 0.25) is 0 Å². The Hall–Kier alpha value is -2.00. The first-order valence-electron chi connectivity index (χ1n) is 10.4. The van der Waals surface area contributed by atoms with Gasteiger partial charge in [0.1, 0.15) is 5.75 Å². The molecule has 1 aromatic carbocycles. The lowest BCUT2D eigenvalue weighted by molar-refractivity contribution is -0.135. The summed E-state index contributed by atoms with van der Waals surface area (Å²) in [6.07, 6.45) is 4.66. The van der Waals surface area contributed by atoms with Gasteiger partial charge < -0.3 is 22.8 Å². The standard InChI is InChI=1S/C22H34O7Si/c1-6-26-30(27-7-2,28-8-3)18(4)10-9-11-22(24)29-20-15-12-19(13-16-20)14-17-21(23)25-5/h12-18H,6-11H2,1-5H3/b17-14+. The molecule has 1 aromatic rings. The molecule has 0 N–H and O–H groups in total. The van der Waals surface area contributed by atoms with Gasteiger partial charge in [0.25, 0.3) is 0 Å². The van der Waals surface area contributed by atoms with Crippen LogP contribution in [0.5, 0.6) is 5.75 Å². The lowest BCUT2D eigenvalue weighted by atomic mass is 10.2. The van der Waals surface area contributed by atoms with Gasteiger partial charge in [-0.1, -0.05) is 19.1 Å². The van der Waals surface area contributed by atoms with E-state index in [0.29, 0.717) is 38.4 Å². The first kappa shape index (κ1) is 26.0. The van der Waals surface area contributed by atoms with E-state index in [4.69, 9.17) is 18.0 Å². The number of esters is 2. The normalized spacial score (nSPS) is 12.7. The number of hydrogen-bond acceptors (Lipinski definition) is 7. The highest BCUT2D eigenvalue weighted by molar-refractivity contribution is 6.62. The van der Waals surface area contributed by atoms with Crippen molar-refractivity contribution in [3.05, 3.63) is 35.9 Å². The molecule has 0 radical (unpaired) electrons. The van der Waals surface area contributed by atoms with Crippen molar-refractivity contribution < 1.29 is 32.3 Å². The van der Waals surface area contributed by atoms with Crippen molar-refractivity contribution >= 4 is 26.8 Å². The molecule has 0 bridgehead atoms. The molecule has 1 atom stereocenters. The van der Waals surface area contributed by atoms with E-state index in [1.54, 1.807) is 30.3 Å². The highest BCUT2D eigenvalue weighted by Gasteiger charge is 2.46. The first-order chi connectivity index (χ1) is 14.4. The van der Waals surface area contributed by atoms with Crippen LogP contribution in [0.15, 0.2) is 30.3 Å². The molecule has 0 aliphatic heterocycles. The molecule has 0 aliphatic carbocycles. The maximum Gasteiger partial charge on any atom is 0.503 e. The van der Waals surface area contributed by atoms with Crippen LogP contribution >= 0.6 is 0 Å². The van der Waals surface area contributed by atoms with Crippen LogP contribution in [0.1, 0.15) is 52.5 Å². The van der Waals surface area contributed by atoms with Crippen LogP contribution in [0.3, 0.4) is 0 Å². The predicted molar refractivity (Wildman–Crippen MR) is 117 cm³/mol. The second-order valence-corrected chi connectivity index (χ2v) is 9.65. The van der Waals surface area contributed by atoms with E-state index in [1.807, 2.05) is 20.8 Å². The molecule has 1 unspecified atom stereocenters. The van der Waals surface area contributed by atoms with E-state index in [2.05, 4.69) is 11.7 Å². The van der Waals surface area contributed by atoms with Crippen molar-refractivity contribution in [3.8, 4) is 5.75 Å². The monoisotopic (exact) mass is 438 g/mol. The van der Waals surface area contributed by atoms with E-state index in [-0.39, 0.29) is 11.5 Å². The Morgan fingerprint density at radius 2 is 1.57 bits per heavy atom. The zero-order chi connectivity index (χ0) is 22.4. The SMILES string of the molecule is CCO[Si](OCC)(OCC)C(C)CCCC(=O)Oc1ccc(/C=C/C(=O)OC)cc1. The number of ether oxygens (including phenoxy) is 2. The first-order valence-corrected chi connectivity index (χ1v) is 12.2. The van der Waals surface area contributed by atoms with Gasteiger partial charge in [-0.25, -0.2) is 4.79 Å². The molecule has 0 aromatic heterocycles. The molecule has 0 spiro atoms. The van der Waals surface area contributed by atoms with Crippen molar-refractivity contribution in [1.82, 2.24) is 0 Å². The van der Waals surface area contributed by atoms with Crippen LogP contribution in [0.4, 0.5) is 0 Å². The van der Waals surface area contributed by atoms with Gasteiger partial charge in [-0.05, 0) is 57.4 Å². The zero-order valence-corrected chi connectivity index (χ0v) is 19.6. The largest absolute Gasteiger partial charge is 0.503 e. The molecular weight excluding hydrogens is 404 g/mol. The van der Waals surface area contributed by atoms with Crippen LogP contribution in [-0.2, 0) is 27.6 Å². The molecule has 168 valence electrons. The molecule has 7 nitrogen and oxygen atoms in total. The summed E-state index contributed by atoms with van der Waals surface area (Å²) < 4.78 is 27.7. The summed E-state index contributed by atoms with van der Waals surface area (Å²) in [7, 11) is -1.44. The van der Waals surface area contributed by atoms with Crippen molar-refractivity contribution in [1.29, 1.82) is 0 Å². The molecule has 1 rings (SSSR count). The summed E-state index contributed by atoms with van der Waals surface area (Å²) >= 11 is 0. The predicted octanol–water partition coefficient (Wildman–Crippen LogP) is 4.39. The van der Waals surface area contributed by atoms with Crippen LogP contribution in [0, 0.1) is 0 Å². The second kappa shape index (κ2) is 14.1. The molecule has 0 amide bonds. The van der Waals surface area contributed by atoms with Crippen LogP contribution in [0.2, 0.25) is 5.54 Å². The summed E-state index contributed by atoms with van der Waals surface area (Å²) in [6.45, 7) is 9.44. The average molecular weight is 439 g/mol. The Balaban J connectivity index is 2.53.